The number of hydrogen-bond donors (Lipinski definition) is 1. The number of benzene rings is 3. The summed E-state index contributed by atoms with van der Waals surface area (Å²) in [7, 11) is -0.673. The van der Waals surface area contributed by atoms with E-state index in [4.69, 9.17) is 25.8 Å². The number of aliphatic hydroxyl groups excluding tert-OH is 1. The minimum atomic E-state index is -2.34. The van der Waals surface area contributed by atoms with Gasteiger partial charge in [0.2, 0.25) is 0 Å². The molecule has 1 spiro atoms. The quantitative estimate of drug-likeness (QED) is 0.208. The van der Waals surface area contributed by atoms with Crippen molar-refractivity contribution in [2.75, 3.05) is 36.7 Å². The van der Waals surface area contributed by atoms with Crippen LogP contribution in [0.25, 0.3) is 0 Å². The van der Waals surface area contributed by atoms with Crippen molar-refractivity contribution >= 4 is 48.2 Å². The highest BCUT2D eigenvalue weighted by Crippen LogP contribution is 2.60. The first-order chi connectivity index (χ1) is 24.1. The number of aliphatic hydroxyl groups is 1. The first-order valence-corrected chi connectivity index (χ1v) is 20.5. The first-order valence-electron chi connectivity index (χ1n) is 17.0. The Balaban J connectivity index is 1.25. The smallest absolute Gasteiger partial charge is 0.414 e. The number of methoxy groups -OCH3 is 1. The predicted octanol–water partition coefficient (Wildman–Crippen LogP) is 5.28. The summed E-state index contributed by atoms with van der Waals surface area (Å²) in [4.78, 5) is 30.6. The van der Waals surface area contributed by atoms with E-state index in [1.807, 2.05) is 65.7 Å². The van der Waals surface area contributed by atoms with Gasteiger partial charge in [-0.2, -0.15) is 0 Å². The normalized spacial score (nSPS) is 23.2. The highest BCUT2D eigenvalue weighted by Gasteiger charge is 2.66. The third-order valence-corrected chi connectivity index (χ3v) is 15.3. The van der Waals surface area contributed by atoms with Crippen molar-refractivity contribution in [1.82, 2.24) is 15.0 Å². The van der Waals surface area contributed by atoms with Gasteiger partial charge in [0.1, 0.15) is 12.4 Å². The molecule has 0 unspecified atom stereocenters. The molecule has 262 valence electrons. The monoisotopic (exact) mass is 715 g/mol. The van der Waals surface area contributed by atoms with Crippen molar-refractivity contribution in [3.63, 3.8) is 0 Å². The molecule has 4 aromatic rings. The Kier molecular flexibility index (Phi) is 9.23. The molecule has 0 aliphatic carbocycles. The number of aromatic nitrogens is 3. The van der Waals surface area contributed by atoms with Gasteiger partial charge in [-0.3, -0.25) is 14.4 Å². The third kappa shape index (κ3) is 5.87. The van der Waals surface area contributed by atoms with E-state index in [-0.39, 0.29) is 36.2 Å². The topological polar surface area (TPSA) is 119 Å². The summed E-state index contributed by atoms with van der Waals surface area (Å²) in [6.45, 7) is 8.63. The van der Waals surface area contributed by atoms with Crippen LogP contribution in [-0.4, -0.2) is 73.1 Å². The zero-order valence-corrected chi connectivity index (χ0v) is 30.5. The Hall–Kier alpha value is -4.23. The number of halogens is 1. The van der Waals surface area contributed by atoms with Gasteiger partial charge in [0.25, 0.3) is 5.91 Å². The largest absolute Gasteiger partial charge is 0.497 e. The summed E-state index contributed by atoms with van der Waals surface area (Å²) in [5.74, 6) is 0.508. The molecule has 13 heteroatoms. The van der Waals surface area contributed by atoms with E-state index >= 15 is 4.79 Å². The van der Waals surface area contributed by atoms with E-state index in [2.05, 4.69) is 42.5 Å². The lowest BCUT2D eigenvalue weighted by atomic mass is 9.82. The van der Waals surface area contributed by atoms with Crippen molar-refractivity contribution in [3.8, 4) is 5.75 Å². The molecule has 1 N–H and O–H groups in total. The van der Waals surface area contributed by atoms with Gasteiger partial charge < -0.3 is 24.2 Å². The van der Waals surface area contributed by atoms with E-state index in [0.29, 0.717) is 44.1 Å². The van der Waals surface area contributed by atoms with Gasteiger partial charge in [-0.1, -0.05) is 66.3 Å². The fraction of sp³-hybridized carbons (Fsp3) is 0.405. The number of hydrogen-bond acceptors (Lipinski definition) is 8. The number of carbonyl (C=O) groups excluding carboxylic acids is 2. The molecule has 2 saturated heterocycles. The van der Waals surface area contributed by atoms with E-state index in [1.165, 1.54) is 5.19 Å². The van der Waals surface area contributed by atoms with Crippen LogP contribution in [0.3, 0.4) is 0 Å². The van der Waals surface area contributed by atoms with Gasteiger partial charge in [0.15, 0.2) is 5.60 Å². The van der Waals surface area contributed by atoms with Gasteiger partial charge in [0, 0.05) is 48.0 Å². The molecule has 0 saturated carbocycles. The summed E-state index contributed by atoms with van der Waals surface area (Å²) >= 11 is 6.67. The molecule has 2 fully saturated rings. The molecule has 50 heavy (non-hydrogen) atoms. The SMILES string of the molecule is COc1ccc([Si](C)(C)[C@@H]2[C@@H](CCn3cc(CCO)nn3)O[C@]3(C(=O)N(Cc4ccc(N5CCOC5=O)cc4)c4ccc(Cl)cc43)[C@H]2C)cc1. The average Bonchev–Trinajstić information content (AvgIpc) is 3.87. The maximum absolute atomic E-state index is 15.1. The summed E-state index contributed by atoms with van der Waals surface area (Å²) in [6.07, 6.45) is 2.30. The van der Waals surface area contributed by atoms with Crippen LogP contribution in [0.1, 0.15) is 30.2 Å². The highest BCUT2D eigenvalue weighted by atomic mass is 35.5. The number of cyclic esters (lactones) is 1. The van der Waals surface area contributed by atoms with Crippen molar-refractivity contribution in [3.05, 3.63) is 94.8 Å². The molecule has 0 radical (unpaired) electrons. The predicted molar refractivity (Wildman–Crippen MR) is 193 cm³/mol. The molecule has 3 aliphatic rings. The van der Waals surface area contributed by atoms with E-state index in [9.17, 15) is 9.90 Å². The molecule has 4 heterocycles. The number of aryl methyl sites for hydroxylation is 1. The lowest BCUT2D eigenvalue weighted by molar-refractivity contribution is -0.146. The van der Waals surface area contributed by atoms with Gasteiger partial charge >= 0.3 is 6.09 Å². The fourth-order valence-electron chi connectivity index (χ4n) is 8.24. The van der Waals surface area contributed by atoms with Crippen LogP contribution in [-0.2, 0) is 39.4 Å². The molecule has 0 bridgehead atoms. The molecule has 2 amide bonds. The van der Waals surface area contributed by atoms with Gasteiger partial charge in [-0.05, 0) is 60.0 Å². The van der Waals surface area contributed by atoms with Crippen LogP contribution < -0.4 is 19.7 Å². The van der Waals surface area contributed by atoms with Crippen LogP contribution in [0.5, 0.6) is 5.75 Å². The van der Waals surface area contributed by atoms with Crippen molar-refractivity contribution < 1.29 is 28.9 Å². The van der Waals surface area contributed by atoms with E-state index in [0.717, 1.165) is 33.9 Å². The van der Waals surface area contributed by atoms with E-state index in [1.54, 1.807) is 16.7 Å². The summed E-state index contributed by atoms with van der Waals surface area (Å²) in [5, 5.41) is 19.7. The van der Waals surface area contributed by atoms with Gasteiger partial charge in [-0.25, -0.2) is 4.79 Å². The lowest BCUT2D eigenvalue weighted by Gasteiger charge is -2.37. The van der Waals surface area contributed by atoms with E-state index < -0.39 is 13.7 Å². The average molecular weight is 716 g/mol. The van der Waals surface area contributed by atoms with Gasteiger partial charge in [0.05, 0.1) is 45.8 Å². The first kappa shape index (κ1) is 34.2. The number of ether oxygens (including phenoxy) is 3. The standard InChI is InChI=1S/C37H42ClN5O6Si/c1-24-34(50(3,4)30-12-10-29(47-2)11-13-30)33(15-17-41-23-27(16-19-44)39-40-41)49-37(24)31-21-26(38)7-14-32(31)43(35(37)45)22-25-5-8-28(9-6-25)42-18-20-48-36(42)46/h5-14,21,23-24,33-34,44H,15-20,22H2,1-4H3/t24-,33+,34-,37+/m0/s1. The lowest BCUT2D eigenvalue weighted by Crippen LogP contribution is -2.51. The zero-order chi connectivity index (χ0) is 35.2. The Labute approximate surface area is 297 Å². The molecule has 3 aliphatic heterocycles. The second kappa shape index (κ2) is 13.5. The number of amides is 2. The van der Waals surface area contributed by atoms with Crippen LogP contribution in [0, 0.1) is 5.92 Å². The van der Waals surface area contributed by atoms with Crippen LogP contribution in [0.4, 0.5) is 16.2 Å². The number of carbonyl (C=O) groups is 2. The van der Waals surface area contributed by atoms with Crippen LogP contribution >= 0.6 is 11.6 Å². The maximum Gasteiger partial charge on any atom is 0.414 e. The molecule has 7 rings (SSSR count). The molecule has 4 atom stereocenters. The number of rotatable bonds is 11. The van der Waals surface area contributed by atoms with Crippen molar-refractivity contribution in [2.45, 2.75) is 63.2 Å². The Morgan fingerprint density at radius 1 is 1.08 bits per heavy atom. The molecule has 3 aromatic carbocycles. The Morgan fingerprint density at radius 3 is 2.52 bits per heavy atom. The summed E-state index contributed by atoms with van der Waals surface area (Å²) in [6, 6.07) is 21.6. The number of nitrogens with zero attached hydrogens (tertiary/aromatic N) is 5. The molecule has 11 nitrogen and oxygen atoms in total. The second-order valence-electron chi connectivity index (χ2n) is 13.9. The zero-order valence-electron chi connectivity index (χ0n) is 28.7. The maximum atomic E-state index is 15.1. The molecular formula is C37H42ClN5O6Si. The highest BCUT2D eigenvalue weighted by molar-refractivity contribution is 6.91. The minimum absolute atomic E-state index is 0.00594. The molecule has 1 aromatic heterocycles. The van der Waals surface area contributed by atoms with Crippen molar-refractivity contribution in [1.29, 1.82) is 0 Å². The Bertz CT molecular complexity index is 1890. The number of anilines is 2. The minimum Gasteiger partial charge on any atom is -0.497 e. The van der Waals surface area contributed by atoms with Crippen LogP contribution in [0.15, 0.2) is 72.9 Å². The fourth-order valence-corrected chi connectivity index (χ4v) is 12.5. The summed E-state index contributed by atoms with van der Waals surface area (Å²) < 4.78 is 19.6. The van der Waals surface area contributed by atoms with Gasteiger partial charge in [-0.15, -0.1) is 5.10 Å². The Morgan fingerprint density at radius 2 is 1.84 bits per heavy atom. The molecular weight excluding hydrogens is 674 g/mol. The van der Waals surface area contributed by atoms with Crippen molar-refractivity contribution in [2.24, 2.45) is 5.92 Å². The van der Waals surface area contributed by atoms with Crippen LogP contribution in [0.2, 0.25) is 23.7 Å². The number of fused-ring (bicyclic) bond motifs is 2. The second-order valence-corrected chi connectivity index (χ2v) is 19.0. The summed E-state index contributed by atoms with van der Waals surface area (Å²) in [5.41, 5.74) is 2.79. The third-order valence-electron chi connectivity index (χ3n) is 10.7.